The molecule has 6 heterocycles. The third-order valence-corrected chi connectivity index (χ3v) is 13.0. The van der Waals surface area contributed by atoms with Crippen molar-refractivity contribution >= 4 is 70.9 Å². The number of amides is 2. The number of piperidine rings is 2. The number of nitrogen functional groups attached to an aromatic ring is 2. The zero-order chi connectivity index (χ0) is 62.2. The van der Waals surface area contributed by atoms with Crippen molar-refractivity contribution in [2.24, 2.45) is 0 Å². The highest BCUT2D eigenvalue weighted by atomic mass is 16.6. The van der Waals surface area contributed by atoms with Gasteiger partial charge in [-0.3, -0.25) is 39.6 Å². The van der Waals surface area contributed by atoms with Crippen molar-refractivity contribution in [3.63, 3.8) is 0 Å². The first kappa shape index (κ1) is 66.0. The van der Waals surface area contributed by atoms with Crippen molar-refractivity contribution in [3.8, 4) is 11.8 Å². The van der Waals surface area contributed by atoms with Crippen LogP contribution >= 0.6 is 0 Å². The van der Waals surface area contributed by atoms with Crippen molar-refractivity contribution in [2.75, 3.05) is 25.7 Å². The van der Waals surface area contributed by atoms with Crippen LogP contribution in [0, 0.1) is 20.2 Å². The van der Waals surface area contributed by atoms with E-state index in [9.17, 15) is 58.6 Å². The van der Waals surface area contributed by atoms with E-state index in [1.54, 1.807) is 24.3 Å². The molecule has 12 N–H and O–H groups in total. The maximum absolute atomic E-state index is 12.7. The van der Waals surface area contributed by atoms with Gasteiger partial charge in [-0.05, 0) is 51.4 Å². The Bertz CT molecular complexity index is 2850. The summed E-state index contributed by atoms with van der Waals surface area (Å²) in [6, 6.07) is 14.9. The number of rotatable bonds is 18. The molecule has 8 rings (SSSR count). The number of methoxy groups -OCH3 is 2. The number of hydrogen-bond donors (Lipinski definition) is 10. The molecule has 32 heteroatoms. The summed E-state index contributed by atoms with van der Waals surface area (Å²) in [7, 11) is 2.86. The predicted molar refractivity (Wildman–Crippen MR) is 291 cm³/mol. The minimum absolute atomic E-state index is 0.0132. The third kappa shape index (κ3) is 20.9. The van der Waals surface area contributed by atoms with E-state index >= 15 is 0 Å². The summed E-state index contributed by atoms with van der Waals surface area (Å²) in [6.45, 7) is 1.10. The van der Waals surface area contributed by atoms with Crippen LogP contribution in [0.3, 0.4) is 0 Å². The highest BCUT2D eigenvalue weighted by molar-refractivity contribution is 5.97. The van der Waals surface area contributed by atoms with Gasteiger partial charge in [0.15, 0.2) is 0 Å². The molecule has 0 aliphatic carbocycles. The van der Waals surface area contributed by atoms with Crippen molar-refractivity contribution in [1.29, 1.82) is 0 Å². The number of nitro benzene ring substituents is 2. The predicted octanol–water partition coefficient (Wildman–Crippen LogP) is 2.94. The number of fused-ring (bicyclic) bond motifs is 4. The van der Waals surface area contributed by atoms with Crippen molar-refractivity contribution in [3.05, 3.63) is 140 Å². The van der Waals surface area contributed by atoms with Gasteiger partial charge in [-0.15, -0.1) is 0 Å². The Morgan fingerprint density at radius 2 is 0.810 bits per heavy atom. The van der Waals surface area contributed by atoms with Crippen molar-refractivity contribution in [1.82, 2.24) is 40.4 Å². The lowest BCUT2D eigenvalue weighted by molar-refractivity contribution is -0.385. The molecule has 4 aliphatic rings. The summed E-state index contributed by atoms with van der Waals surface area (Å²) in [5.74, 6) is -7.73. The fourth-order valence-corrected chi connectivity index (χ4v) is 9.67. The van der Waals surface area contributed by atoms with Gasteiger partial charge in [0, 0.05) is 121 Å². The van der Waals surface area contributed by atoms with E-state index in [4.69, 9.17) is 51.6 Å². The molecule has 6 atom stereocenters. The quantitative estimate of drug-likeness (QED) is 0.0389. The number of hydrogen-bond acceptors (Lipinski definition) is 22. The van der Waals surface area contributed by atoms with Crippen LogP contribution in [0.2, 0.25) is 0 Å². The summed E-state index contributed by atoms with van der Waals surface area (Å²) >= 11 is 0. The van der Waals surface area contributed by atoms with Crippen molar-refractivity contribution < 1.29 is 88.3 Å². The molecule has 2 aromatic carbocycles. The molecule has 4 aromatic rings. The lowest BCUT2D eigenvalue weighted by atomic mass is 9.96. The third-order valence-electron chi connectivity index (χ3n) is 13.0. The number of nitro groups is 2. The lowest BCUT2D eigenvalue weighted by Gasteiger charge is -2.39. The van der Waals surface area contributed by atoms with E-state index in [0.29, 0.717) is 49.5 Å². The highest BCUT2D eigenvalue weighted by Gasteiger charge is 2.43. The second kappa shape index (κ2) is 32.1. The normalized spacial score (nSPS) is 19.3. The van der Waals surface area contributed by atoms with Crippen LogP contribution in [0.1, 0.15) is 83.2 Å². The van der Waals surface area contributed by atoms with Gasteiger partial charge < -0.3 is 62.2 Å². The van der Waals surface area contributed by atoms with Gasteiger partial charge in [-0.25, -0.2) is 38.7 Å². The zero-order valence-corrected chi connectivity index (χ0v) is 44.9. The Kier molecular flexibility index (Phi) is 25.2. The molecule has 448 valence electrons. The number of nitrogens with one attached hydrogen (secondary N) is 2. The van der Waals surface area contributed by atoms with E-state index in [1.807, 2.05) is 24.3 Å². The average Bonchev–Trinajstić information content (AvgIpc) is 3.34. The molecule has 0 spiro atoms. The maximum atomic E-state index is 12.7. The van der Waals surface area contributed by atoms with E-state index in [-0.39, 0.29) is 104 Å². The van der Waals surface area contributed by atoms with E-state index in [1.165, 1.54) is 26.6 Å². The molecule has 4 saturated heterocycles. The topological polar surface area (TPSA) is 497 Å². The molecule has 84 heavy (non-hydrogen) atoms. The van der Waals surface area contributed by atoms with Gasteiger partial charge >= 0.3 is 35.8 Å². The Morgan fingerprint density at radius 3 is 1.06 bits per heavy atom. The number of carboxylic acid groups (broad SMARTS) is 6. The van der Waals surface area contributed by atoms with Gasteiger partial charge in [0.05, 0.1) is 24.1 Å². The molecule has 32 nitrogen and oxygen atoms in total. The average molecular weight is 1170 g/mol. The van der Waals surface area contributed by atoms with Crippen LogP contribution in [0.25, 0.3) is 0 Å². The summed E-state index contributed by atoms with van der Waals surface area (Å²) in [6.07, 6.45) is 13.3. The maximum Gasteiger partial charge on any atom is 0.328 e. The molecule has 4 bridgehead atoms. The molecular weight excluding hydrogens is 1110 g/mol. The van der Waals surface area contributed by atoms with E-state index in [2.05, 4.69) is 40.4 Å². The Hall–Kier alpha value is -10.5. The van der Waals surface area contributed by atoms with Crippen LogP contribution < -0.4 is 31.6 Å². The second-order valence-corrected chi connectivity index (χ2v) is 18.5. The van der Waals surface area contributed by atoms with Gasteiger partial charge in [0.1, 0.15) is 11.1 Å². The number of nitrogens with two attached hydrogens (primary N) is 2. The summed E-state index contributed by atoms with van der Waals surface area (Å²) in [4.78, 5) is 125. The van der Waals surface area contributed by atoms with Crippen LogP contribution in [0.5, 0.6) is 11.8 Å². The first-order chi connectivity index (χ1) is 39.8. The molecule has 4 fully saturated rings. The smallest absolute Gasteiger partial charge is 0.328 e. The van der Waals surface area contributed by atoms with Gasteiger partial charge in [0.2, 0.25) is 23.7 Å². The van der Waals surface area contributed by atoms with Crippen LogP contribution in [-0.4, -0.2) is 168 Å². The molecule has 0 saturated carbocycles. The Morgan fingerprint density at radius 1 is 0.536 bits per heavy atom. The number of para-hydroxylation sites is 2. The number of benzene rings is 2. The number of aromatic nitrogens is 4. The zero-order valence-electron chi connectivity index (χ0n) is 44.9. The van der Waals surface area contributed by atoms with Crippen LogP contribution in [0.4, 0.5) is 23.3 Å². The lowest BCUT2D eigenvalue weighted by Crippen LogP contribution is -2.50. The standard InChI is InChI=1S/2C20H24N6O4.3C4H4O4/c2*1-30-19-16(10-22-20(21)24-19)18(27)23-13-8-14-6-7-15(9-13)25(14)11-12-4-2-3-5-17(12)26(28)29;3*5-3(6)1-2-4(7)8/h2*2-5,10,13-15H,6-9,11H2,1H3,(H,23,27)(H2,21,22,24);3*1-2H,(H,5,6)(H,7,8)/b;;3*2-1-/t2*13?,14-,15+;;;. The molecule has 2 unspecified atom stereocenters. The summed E-state index contributed by atoms with van der Waals surface area (Å²) in [5.41, 5.74) is 13.4. The molecule has 4 aliphatic heterocycles. The minimum atomic E-state index is -1.26. The first-order valence-electron chi connectivity index (χ1n) is 25.1. The fraction of sp³-hybridized carbons (Fsp3) is 0.346. The fourth-order valence-electron chi connectivity index (χ4n) is 9.67. The SMILES string of the molecule is COc1nc(N)ncc1C(=O)NC1C[C@H]2CC[C@@H](C1)N2Cc1ccccc1[N+](=O)[O-].COc1nc(N)ncc1C(=O)NC1C[C@H]2CC[C@@H](C1)N2Cc1ccccc1[N+](=O)[O-].O=C(O)/C=C\C(=O)O.O=C(O)/C=C\C(=O)O.O=C(O)/C=C\C(=O)O. The monoisotopic (exact) mass is 1170 g/mol. The largest absolute Gasteiger partial charge is 0.480 e. The number of carboxylic acids is 6. The number of ether oxygens (including phenoxy) is 2. The Balaban J connectivity index is 0.000000261. The second-order valence-electron chi connectivity index (χ2n) is 18.5. The van der Waals surface area contributed by atoms with Crippen molar-refractivity contribution in [2.45, 2.75) is 101 Å². The summed E-state index contributed by atoms with van der Waals surface area (Å²) in [5, 5.41) is 75.7. The minimum Gasteiger partial charge on any atom is -0.480 e. The van der Waals surface area contributed by atoms with Gasteiger partial charge in [0.25, 0.3) is 23.2 Å². The molecular formula is C52H60N12O20. The number of carbonyl (C=O) groups is 8. The molecule has 2 aromatic heterocycles. The van der Waals surface area contributed by atoms with Gasteiger partial charge in [-0.2, -0.15) is 9.97 Å². The summed E-state index contributed by atoms with van der Waals surface area (Å²) < 4.78 is 10.3. The first-order valence-corrected chi connectivity index (χ1v) is 25.1. The molecule has 2 amide bonds. The highest BCUT2D eigenvalue weighted by Crippen LogP contribution is 2.39. The van der Waals surface area contributed by atoms with E-state index < -0.39 is 35.8 Å². The number of carbonyl (C=O) groups excluding carboxylic acids is 2. The Labute approximate surface area is 476 Å². The van der Waals surface area contributed by atoms with Gasteiger partial charge in [-0.1, -0.05) is 36.4 Å². The van der Waals surface area contributed by atoms with Crippen LogP contribution in [-0.2, 0) is 41.9 Å². The number of nitrogens with zero attached hydrogens (tertiary/aromatic N) is 8. The van der Waals surface area contributed by atoms with E-state index in [0.717, 1.165) is 62.5 Å². The number of aliphatic carboxylic acids is 6. The number of anilines is 2. The van der Waals surface area contributed by atoms with Crippen LogP contribution in [0.15, 0.2) is 97.4 Å². The molecule has 0 radical (unpaired) electrons.